The normalized spacial score (nSPS) is 14.3. The van der Waals surface area contributed by atoms with Crippen LogP contribution in [0.5, 0.6) is 0 Å². The molecule has 168 valence electrons. The number of aromatic nitrogens is 2. The zero-order chi connectivity index (χ0) is 22.8. The Balaban J connectivity index is 1.58. The Labute approximate surface area is 187 Å². The van der Waals surface area contributed by atoms with E-state index < -0.39 is 0 Å². The van der Waals surface area contributed by atoms with E-state index in [1.165, 1.54) is 12.1 Å². The van der Waals surface area contributed by atoms with Gasteiger partial charge in [-0.25, -0.2) is 4.39 Å². The summed E-state index contributed by atoms with van der Waals surface area (Å²) >= 11 is 0. The number of hydrogen-bond acceptors (Lipinski definition) is 4. The highest BCUT2D eigenvalue weighted by Gasteiger charge is 2.32. The maximum absolute atomic E-state index is 13.6. The van der Waals surface area contributed by atoms with Crippen molar-refractivity contribution in [3.63, 3.8) is 0 Å². The van der Waals surface area contributed by atoms with Crippen molar-refractivity contribution >= 4 is 5.91 Å². The van der Waals surface area contributed by atoms with Gasteiger partial charge in [-0.15, -0.1) is 0 Å². The minimum absolute atomic E-state index is 0.0354. The fraction of sp³-hybridized carbons (Fsp3) is 0.360. The second-order valence-corrected chi connectivity index (χ2v) is 8.53. The number of hydrogen-bond donors (Lipinski definition) is 1. The third-order valence-electron chi connectivity index (χ3n) is 5.87. The van der Waals surface area contributed by atoms with E-state index in [4.69, 9.17) is 10.5 Å². The molecule has 1 aromatic heterocycles. The van der Waals surface area contributed by atoms with Crippen LogP contribution in [0.15, 0.2) is 48.7 Å². The van der Waals surface area contributed by atoms with Crippen LogP contribution in [0.4, 0.5) is 4.39 Å². The monoisotopic (exact) mass is 436 g/mol. The number of nitrogens with two attached hydrogens (primary N) is 1. The van der Waals surface area contributed by atoms with Crippen molar-refractivity contribution in [2.45, 2.75) is 45.6 Å². The summed E-state index contributed by atoms with van der Waals surface area (Å²) in [5, 5.41) is 4.40. The summed E-state index contributed by atoms with van der Waals surface area (Å²) in [5.74, 6) is -0.320. The van der Waals surface area contributed by atoms with Crippen LogP contribution in [0.25, 0.3) is 11.3 Å². The van der Waals surface area contributed by atoms with Gasteiger partial charge in [-0.2, -0.15) is 5.10 Å². The zero-order valence-electron chi connectivity index (χ0n) is 18.7. The third kappa shape index (κ3) is 4.45. The van der Waals surface area contributed by atoms with Crippen LogP contribution in [-0.4, -0.2) is 39.3 Å². The predicted octanol–water partition coefficient (Wildman–Crippen LogP) is 3.68. The van der Waals surface area contributed by atoms with Gasteiger partial charge in [-0.05, 0) is 55.7 Å². The molecule has 1 aliphatic heterocycles. The minimum atomic E-state index is -0.285. The lowest BCUT2D eigenvalue weighted by atomic mass is 10.0. The molecule has 0 aliphatic carbocycles. The van der Waals surface area contributed by atoms with E-state index in [-0.39, 0.29) is 23.9 Å². The molecule has 1 atom stereocenters. The molecule has 0 saturated carbocycles. The van der Waals surface area contributed by atoms with Crippen LogP contribution in [0.3, 0.4) is 0 Å². The first-order chi connectivity index (χ1) is 15.4. The molecule has 0 saturated heterocycles. The van der Waals surface area contributed by atoms with E-state index in [2.05, 4.69) is 11.2 Å². The first kappa shape index (κ1) is 22.2. The number of halogens is 1. The molecule has 6 nitrogen and oxygen atoms in total. The molecule has 2 heterocycles. The van der Waals surface area contributed by atoms with Gasteiger partial charge in [-0.1, -0.05) is 18.2 Å². The van der Waals surface area contributed by atoms with E-state index in [0.717, 1.165) is 27.9 Å². The van der Waals surface area contributed by atoms with E-state index >= 15 is 0 Å². The number of amides is 1. The lowest BCUT2D eigenvalue weighted by molar-refractivity contribution is 0.0659. The van der Waals surface area contributed by atoms with E-state index in [0.29, 0.717) is 31.7 Å². The summed E-state index contributed by atoms with van der Waals surface area (Å²) in [4.78, 5) is 14.9. The largest absolute Gasteiger partial charge is 0.374 e. The van der Waals surface area contributed by atoms with Gasteiger partial charge in [-0.3, -0.25) is 9.48 Å². The molecular weight excluding hydrogens is 407 g/mol. The van der Waals surface area contributed by atoms with E-state index in [9.17, 15) is 9.18 Å². The number of aryl methyl sites for hydroxylation is 1. The first-order valence-corrected chi connectivity index (χ1v) is 10.9. The van der Waals surface area contributed by atoms with Crippen LogP contribution in [0, 0.1) is 5.82 Å². The number of fused-ring (bicyclic) bond motifs is 1. The standard InChI is InChI=1S/C25H29FN4O2/c1-16(2)32-15-20-13-28-29(3)24(20)18-7-8-23-19(11-18)14-30(25(23)31)22(12-27)10-17-5-4-6-21(26)9-17/h4-9,11,13,16,22H,10,12,14-15,27H2,1-3H3. The van der Waals surface area contributed by atoms with Gasteiger partial charge < -0.3 is 15.4 Å². The van der Waals surface area contributed by atoms with Crippen LogP contribution < -0.4 is 5.73 Å². The van der Waals surface area contributed by atoms with Crippen molar-refractivity contribution in [3.8, 4) is 11.3 Å². The molecule has 0 radical (unpaired) electrons. The molecule has 0 bridgehead atoms. The summed E-state index contributed by atoms with van der Waals surface area (Å²) in [6.07, 6.45) is 2.46. The van der Waals surface area contributed by atoms with E-state index in [1.807, 2.05) is 50.0 Å². The molecule has 1 aliphatic rings. The molecule has 2 aromatic carbocycles. The molecular formula is C25H29FN4O2. The SMILES string of the molecule is CC(C)OCc1cnn(C)c1-c1ccc2c(c1)CN(C(CN)Cc1cccc(F)c1)C2=O. The van der Waals surface area contributed by atoms with Crippen LogP contribution in [0.1, 0.15) is 40.9 Å². The topological polar surface area (TPSA) is 73.4 Å². The van der Waals surface area contributed by atoms with Crippen LogP contribution >= 0.6 is 0 Å². The average molecular weight is 437 g/mol. The summed E-state index contributed by atoms with van der Waals surface area (Å²) < 4.78 is 21.2. The summed E-state index contributed by atoms with van der Waals surface area (Å²) in [5.41, 5.74) is 11.5. The summed E-state index contributed by atoms with van der Waals surface area (Å²) in [7, 11) is 1.91. The molecule has 3 aromatic rings. The Bertz CT molecular complexity index is 1120. The molecule has 32 heavy (non-hydrogen) atoms. The second kappa shape index (κ2) is 9.22. The molecule has 2 N–H and O–H groups in total. The highest BCUT2D eigenvalue weighted by Crippen LogP contribution is 2.32. The Hall–Kier alpha value is -3.03. The van der Waals surface area contributed by atoms with Crippen molar-refractivity contribution in [1.82, 2.24) is 14.7 Å². The molecule has 1 amide bonds. The number of ether oxygens (including phenoxy) is 1. The number of nitrogens with zero attached hydrogens (tertiary/aromatic N) is 3. The van der Waals surface area contributed by atoms with Crippen LogP contribution in [-0.2, 0) is 31.4 Å². The maximum Gasteiger partial charge on any atom is 0.254 e. The molecule has 4 rings (SSSR count). The van der Waals surface area contributed by atoms with Gasteiger partial charge in [0.1, 0.15) is 5.82 Å². The third-order valence-corrected chi connectivity index (χ3v) is 5.87. The Morgan fingerprint density at radius 2 is 2.03 bits per heavy atom. The molecule has 0 fully saturated rings. The van der Waals surface area contributed by atoms with Crippen molar-refractivity contribution in [2.75, 3.05) is 6.54 Å². The molecule has 7 heteroatoms. The minimum Gasteiger partial charge on any atom is -0.374 e. The van der Waals surface area contributed by atoms with Gasteiger partial charge in [0.05, 0.1) is 24.6 Å². The van der Waals surface area contributed by atoms with Crippen LogP contribution in [0.2, 0.25) is 0 Å². The second-order valence-electron chi connectivity index (χ2n) is 8.53. The smallest absolute Gasteiger partial charge is 0.254 e. The van der Waals surface area contributed by atoms with E-state index in [1.54, 1.807) is 11.0 Å². The van der Waals surface area contributed by atoms with Gasteiger partial charge in [0.2, 0.25) is 0 Å². The zero-order valence-corrected chi connectivity index (χ0v) is 18.7. The quantitative estimate of drug-likeness (QED) is 0.585. The van der Waals surface area contributed by atoms with Gasteiger partial charge >= 0.3 is 0 Å². The Morgan fingerprint density at radius 3 is 2.75 bits per heavy atom. The van der Waals surface area contributed by atoms with Crippen molar-refractivity contribution in [2.24, 2.45) is 12.8 Å². The Morgan fingerprint density at radius 1 is 1.22 bits per heavy atom. The average Bonchev–Trinajstić information content (AvgIpc) is 3.29. The molecule has 0 spiro atoms. The lowest BCUT2D eigenvalue weighted by Gasteiger charge is -2.26. The first-order valence-electron chi connectivity index (χ1n) is 10.9. The highest BCUT2D eigenvalue weighted by atomic mass is 19.1. The lowest BCUT2D eigenvalue weighted by Crippen LogP contribution is -2.42. The van der Waals surface area contributed by atoms with Gasteiger partial charge in [0.25, 0.3) is 5.91 Å². The fourth-order valence-electron chi connectivity index (χ4n) is 4.26. The maximum atomic E-state index is 13.6. The van der Waals surface area contributed by atoms with Crippen molar-refractivity contribution < 1.29 is 13.9 Å². The number of carbonyl (C=O) groups is 1. The number of rotatable bonds is 8. The van der Waals surface area contributed by atoms with Crippen molar-refractivity contribution in [3.05, 3.63) is 76.7 Å². The van der Waals surface area contributed by atoms with Gasteiger partial charge in [0, 0.05) is 42.9 Å². The summed E-state index contributed by atoms with van der Waals surface area (Å²) in [6.45, 7) is 5.27. The predicted molar refractivity (Wildman–Crippen MR) is 121 cm³/mol. The van der Waals surface area contributed by atoms with Gasteiger partial charge in [0.15, 0.2) is 0 Å². The van der Waals surface area contributed by atoms with Crippen molar-refractivity contribution in [1.29, 1.82) is 0 Å². The summed E-state index contributed by atoms with van der Waals surface area (Å²) in [6, 6.07) is 12.1. The highest BCUT2D eigenvalue weighted by molar-refractivity contribution is 5.99. The fourth-order valence-corrected chi connectivity index (χ4v) is 4.26. The molecule has 1 unspecified atom stereocenters. The Kier molecular flexibility index (Phi) is 6.39. The number of carbonyl (C=O) groups excluding carboxylic acids is 1. The number of benzene rings is 2.